The van der Waals surface area contributed by atoms with E-state index in [1.807, 2.05) is 0 Å². The number of hydrogen-bond acceptors (Lipinski definition) is 6. The van der Waals surface area contributed by atoms with Crippen LogP contribution >= 0.6 is 12.4 Å². The molecule has 6 N–H and O–H groups in total. The summed E-state index contributed by atoms with van der Waals surface area (Å²) in [6.07, 6.45) is -5.65. The lowest BCUT2D eigenvalue weighted by molar-refractivity contribution is -0.113. The SMILES string of the molecule is CNC[C@@H](O)[C@@H](O)[C@H](O)[C@H](O)CO.Cl. The number of hydrogen-bond donors (Lipinski definition) is 6. The van der Waals surface area contributed by atoms with E-state index in [1.165, 1.54) is 0 Å². The molecule has 0 unspecified atom stereocenters. The average Bonchev–Trinajstić information content (AvgIpc) is 2.14. The van der Waals surface area contributed by atoms with E-state index in [0.717, 1.165) is 0 Å². The summed E-state index contributed by atoms with van der Waals surface area (Å²) in [5.41, 5.74) is 0. The highest BCUT2D eigenvalue weighted by atomic mass is 35.5. The monoisotopic (exact) mass is 231 g/mol. The molecule has 0 aromatic carbocycles. The van der Waals surface area contributed by atoms with Gasteiger partial charge in [0.05, 0.1) is 12.7 Å². The number of likely N-dealkylation sites (N-methyl/N-ethyl adjacent to an activating group) is 1. The molecular weight excluding hydrogens is 214 g/mol. The molecule has 4 atom stereocenters. The quantitative estimate of drug-likeness (QED) is 0.292. The first kappa shape index (κ1) is 16.5. The Labute approximate surface area is 88.6 Å². The molecule has 0 aliphatic carbocycles. The molecule has 88 valence electrons. The number of aliphatic hydroxyl groups is 5. The van der Waals surface area contributed by atoms with E-state index in [2.05, 4.69) is 5.32 Å². The molecule has 0 aromatic rings. The molecule has 0 saturated carbocycles. The lowest BCUT2D eigenvalue weighted by Gasteiger charge is -2.25. The minimum absolute atomic E-state index is 0. The maximum absolute atomic E-state index is 9.21. The number of halogens is 1. The second-order valence-corrected chi connectivity index (χ2v) is 2.86. The van der Waals surface area contributed by atoms with E-state index < -0.39 is 31.0 Å². The smallest absolute Gasteiger partial charge is 0.111 e. The van der Waals surface area contributed by atoms with Gasteiger partial charge in [0.2, 0.25) is 0 Å². The van der Waals surface area contributed by atoms with Crippen LogP contribution in [-0.2, 0) is 0 Å². The molecule has 0 aliphatic rings. The normalized spacial score (nSPS) is 19.3. The van der Waals surface area contributed by atoms with Gasteiger partial charge >= 0.3 is 0 Å². The molecule has 0 aliphatic heterocycles. The van der Waals surface area contributed by atoms with Crippen LogP contribution in [0.5, 0.6) is 0 Å². The topological polar surface area (TPSA) is 113 Å². The van der Waals surface area contributed by atoms with Gasteiger partial charge in [-0.3, -0.25) is 0 Å². The first-order valence-electron chi connectivity index (χ1n) is 4.02. The summed E-state index contributed by atoms with van der Waals surface area (Å²) in [5, 5.41) is 47.5. The maximum atomic E-state index is 9.21. The fourth-order valence-electron chi connectivity index (χ4n) is 0.893. The van der Waals surface area contributed by atoms with Crippen molar-refractivity contribution in [3.05, 3.63) is 0 Å². The molecular formula is C7H18ClNO5. The fraction of sp³-hybridized carbons (Fsp3) is 1.00. The molecule has 14 heavy (non-hydrogen) atoms. The highest BCUT2D eigenvalue weighted by molar-refractivity contribution is 5.85. The Morgan fingerprint density at radius 3 is 1.79 bits per heavy atom. The van der Waals surface area contributed by atoms with Crippen molar-refractivity contribution < 1.29 is 25.5 Å². The largest absolute Gasteiger partial charge is 0.394 e. The Balaban J connectivity index is 0. The van der Waals surface area contributed by atoms with Gasteiger partial charge in [-0.15, -0.1) is 12.4 Å². The Bertz CT molecular complexity index is 139. The Morgan fingerprint density at radius 2 is 1.43 bits per heavy atom. The summed E-state index contributed by atoms with van der Waals surface area (Å²) in [5.74, 6) is 0. The van der Waals surface area contributed by atoms with Crippen LogP contribution < -0.4 is 5.32 Å². The number of nitrogens with one attached hydrogen (secondary N) is 1. The van der Waals surface area contributed by atoms with Crippen LogP contribution in [0.15, 0.2) is 0 Å². The second kappa shape index (κ2) is 8.37. The van der Waals surface area contributed by atoms with Crippen molar-refractivity contribution in [1.82, 2.24) is 5.32 Å². The Hall–Kier alpha value is 0.0500. The van der Waals surface area contributed by atoms with E-state index >= 15 is 0 Å². The molecule has 0 heterocycles. The maximum Gasteiger partial charge on any atom is 0.111 e. The average molecular weight is 232 g/mol. The van der Waals surface area contributed by atoms with Gasteiger partial charge in [-0.2, -0.15) is 0 Å². The van der Waals surface area contributed by atoms with Gasteiger partial charge in [-0.05, 0) is 7.05 Å². The van der Waals surface area contributed by atoms with Gasteiger partial charge in [0.25, 0.3) is 0 Å². The van der Waals surface area contributed by atoms with Crippen LogP contribution in [0, 0.1) is 0 Å². The molecule has 7 heteroatoms. The van der Waals surface area contributed by atoms with Crippen molar-refractivity contribution in [3.8, 4) is 0 Å². The van der Waals surface area contributed by atoms with E-state index in [1.54, 1.807) is 7.05 Å². The summed E-state index contributed by atoms with van der Waals surface area (Å²) < 4.78 is 0. The van der Waals surface area contributed by atoms with E-state index in [9.17, 15) is 5.11 Å². The van der Waals surface area contributed by atoms with Gasteiger partial charge in [-0.25, -0.2) is 0 Å². The van der Waals surface area contributed by atoms with Crippen LogP contribution in [0.2, 0.25) is 0 Å². The molecule has 0 saturated heterocycles. The van der Waals surface area contributed by atoms with Crippen LogP contribution in [0.25, 0.3) is 0 Å². The summed E-state index contributed by atoms with van der Waals surface area (Å²) >= 11 is 0. The Morgan fingerprint density at radius 1 is 1.00 bits per heavy atom. The van der Waals surface area contributed by atoms with Crippen molar-refractivity contribution in [2.45, 2.75) is 24.4 Å². The predicted molar refractivity (Wildman–Crippen MR) is 52.3 cm³/mol. The third-order valence-corrected chi connectivity index (χ3v) is 1.74. The second-order valence-electron chi connectivity index (χ2n) is 2.86. The van der Waals surface area contributed by atoms with E-state index in [4.69, 9.17) is 20.4 Å². The van der Waals surface area contributed by atoms with Crippen molar-refractivity contribution >= 4 is 12.4 Å². The van der Waals surface area contributed by atoms with Crippen LogP contribution in [0.3, 0.4) is 0 Å². The summed E-state index contributed by atoms with van der Waals surface area (Å²) in [4.78, 5) is 0. The van der Waals surface area contributed by atoms with Crippen molar-refractivity contribution in [2.75, 3.05) is 20.2 Å². The highest BCUT2D eigenvalue weighted by Crippen LogP contribution is 2.04. The zero-order valence-electron chi connectivity index (χ0n) is 7.87. The molecule has 6 nitrogen and oxygen atoms in total. The fourth-order valence-corrected chi connectivity index (χ4v) is 0.893. The summed E-state index contributed by atoms with van der Waals surface area (Å²) in [6.45, 7) is -0.569. The zero-order chi connectivity index (χ0) is 10.4. The van der Waals surface area contributed by atoms with Crippen molar-refractivity contribution in [3.63, 3.8) is 0 Å². The number of rotatable bonds is 6. The van der Waals surface area contributed by atoms with Gasteiger partial charge in [-0.1, -0.05) is 0 Å². The minimum atomic E-state index is -1.55. The summed E-state index contributed by atoms with van der Waals surface area (Å²) in [6, 6.07) is 0. The van der Waals surface area contributed by atoms with E-state index in [-0.39, 0.29) is 19.0 Å². The van der Waals surface area contributed by atoms with Crippen LogP contribution in [0.1, 0.15) is 0 Å². The third kappa shape index (κ3) is 5.06. The summed E-state index contributed by atoms with van der Waals surface area (Å²) in [7, 11) is 1.57. The first-order chi connectivity index (χ1) is 6.04. The predicted octanol–water partition coefficient (Wildman–Crippen LogP) is -2.94. The lowest BCUT2D eigenvalue weighted by atomic mass is 10.0. The lowest BCUT2D eigenvalue weighted by Crippen LogP contribution is -2.48. The van der Waals surface area contributed by atoms with Gasteiger partial charge in [0, 0.05) is 6.54 Å². The molecule has 0 fully saturated rings. The van der Waals surface area contributed by atoms with Crippen LogP contribution in [-0.4, -0.2) is 70.1 Å². The third-order valence-electron chi connectivity index (χ3n) is 1.74. The molecule has 0 bridgehead atoms. The standard InChI is InChI=1S/C7H17NO5.ClH/c1-8-2-4(10)6(12)7(13)5(11)3-9;/h4-13H,2-3H2,1H3;1H/t4-,5-,6-,7-;/m1./s1. The Kier molecular flexibility index (Phi) is 9.85. The molecule has 0 radical (unpaired) electrons. The zero-order valence-corrected chi connectivity index (χ0v) is 8.68. The molecule has 0 spiro atoms. The van der Waals surface area contributed by atoms with Crippen LogP contribution in [0.4, 0.5) is 0 Å². The molecule has 0 aromatic heterocycles. The van der Waals surface area contributed by atoms with Gasteiger partial charge < -0.3 is 30.8 Å². The molecule has 0 amide bonds. The number of aliphatic hydroxyl groups excluding tert-OH is 5. The van der Waals surface area contributed by atoms with Crippen molar-refractivity contribution in [2.24, 2.45) is 0 Å². The van der Waals surface area contributed by atoms with Crippen molar-refractivity contribution in [1.29, 1.82) is 0 Å². The molecule has 0 rings (SSSR count). The van der Waals surface area contributed by atoms with Gasteiger partial charge in [0.15, 0.2) is 0 Å². The van der Waals surface area contributed by atoms with E-state index in [0.29, 0.717) is 0 Å². The first-order valence-corrected chi connectivity index (χ1v) is 4.02. The highest BCUT2D eigenvalue weighted by Gasteiger charge is 2.29. The minimum Gasteiger partial charge on any atom is -0.394 e. The van der Waals surface area contributed by atoms with Gasteiger partial charge in [0.1, 0.15) is 18.3 Å².